The molecular weight excluding hydrogens is 386 g/mol. The third-order valence-electron chi connectivity index (χ3n) is 5.91. The van der Waals surface area contributed by atoms with Gasteiger partial charge in [0.05, 0.1) is 5.52 Å². The molecule has 0 spiro atoms. The molecule has 0 bridgehead atoms. The number of hydrogen-bond acceptors (Lipinski definition) is 4. The van der Waals surface area contributed by atoms with Crippen LogP contribution in [0.3, 0.4) is 0 Å². The highest BCUT2D eigenvalue weighted by Crippen LogP contribution is 2.29. The molecule has 6 heteroatoms. The molecule has 1 amide bonds. The Kier molecular flexibility index (Phi) is 5.22. The van der Waals surface area contributed by atoms with Crippen molar-refractivity contribution in [3.8, 4) is 11.1 Å². The average molecular weight is 412 g/mol. The number of hydrogen-bond donors (Lipinski definition) is 2. The van der Waals surface area contributed by atoms with Gasteiger partial charge in [-0.3, -0.25) is 19.8 Å². The summed E-state index contributed by atoms with van der Waals surface area (Å²) in [5.41, 5.74) is 6.43. The van der Waals surface area contributed by atoms with Crippen LogP contribution in [0, 0.1) is 6.92 Å². The van der Waals surface area contributed by atoms with Crippen LogP contribution in [-0.2, 0) is 6.54 Å². The smallest absolute Gasteiger partial charge is 0.276 e. The van der Waals surface area contributed by atoms with Crippen molar-refractivity contribution in [3.63, 3.8) is 0 Å². The fourth-order valence-corrected chi connectivity index (χ4v) is 4.26. The van der Waals surface area contributed by atoms with E-state index in [1.54, 1.807) is 6.20 Å². The summed E-state index contributed by atoms with van der Waals surface area (Å²) < 4.78 is 0. The van der Waals surface area contributed by atoms with Crippen molar-refractivity contribution in [2.45, 2.75) is 26.3 Å². The maximum atomic E-state index is 13.0. The summed E-state index contributed by atoms with van der Waals surface area (Å²) in [6, 6.07) is 16.1. The number of pyridine rings is 1. The molecule has 2 aromatic heterocycles. The van der Waals surface area contributed by atoms with Crippen LogP contribution < -0.4 is 5.32 Å². The zero-order chi connectivity index (χ0) is 21.2. The Balaban J connectivity index is 1.37. The second kappa shape index (κ2) is 8.32. The second-order valence-electron chi connectivity index (χ2n) is 8.16. The van der Waals surface area contributed by atoms with Gasteiger partial charge in [0, 0.05) is 35.6 Å². The molecule has 1 aliphatic heterocycles. The van der Waals surface area contributed by atoms with E-state index in [1.165, 1.54) is 31.5 Å². The summed E-state index contributed by atoms with van der Waals surface area (Å²) in [5.74, 6) is -0.223. The number of benzene rings is 2. The Hall–Kier alpha value is -3.51. The first-order valence-electron chi connectivity index (χ1n) is 10.7. The van der Waals surface area contributed by atoms with Gasteiger partial charge in [-0.05, 0) is 79.9 Å². The van der Waals surface area contributed by atoms with Crippen molar-refractivity contribution in [2.24, 2.45) is 0 Å². The molecule has 156 valence electrons. The molecule has 3 heterocycles. The third kappa shape index (κ3) is 4.07. The van der Waals surface area contributed by atoms with Crippen molar-refractivity contribution in [1.82, 2.24) is 20.1 Å². The predicted molar refractivity (Wildman–Crippen MR) is 123 cm³/mol. The lowest BCUT2D eigenvalue weighted by Crippen LogP contribution is -2.18. The number of carbonyl (C=O) groups is 1. The van der Waals surface area contributed by atoms with Crippen molar-refractivity contribution in [1.29, 1.82) is 0 Å². The first kappa shape index (κ1) is 19.5. The Morgan fingerprint density at radius 3 is 2.68 bits per heavy atom. The van der Waals surface area contributed by atoms with Gasteiger partial charge in [0.2, 0.25) is 0 Å². The molecule has 0 atom stereocenters. The number of aryl methyl sites for hydroxylation is 1. The van der Waals surface area contributed by atoms with Crippen LogP contribution in [0.4, 0.5) is 5.69 Å². The van der Waals surface area contributed by atoms with Crippen molar-refractivity contribution in [3.05, 3.63) is 77.7 Å². The topological polar surface area (TPSA) is 73.9 Å². The largest absolute Gasteiger partial charge is 0.321 e. The fraction of sp³-hybridized carbons (Fsp3) is 0.240. The highest BCUT2D eigenvalue weighted by molar-refractivity contribution is 6.11. The number of H-pyrrole nitrogens is 1. The summed E-state index contributed by atoms with van der Waals surface area (Å²) in [4.78, 5) is 19.7. The molecular formula is C25H25N5O. The lowest BCUT2D eigenvalue weighted by Gasteiger charge is -2.14. The molecule has 31 heavy (non-hydrogen) atoms. The van der Waals surface area contributed by atoms with E-state index in [9.17, 15) is 4.79 Å². The molecule has 1 fully saturated rings. The van der Waals surface area contributed by atoms with Crippen molar-refractivity contribution in [2.75, 3.05) is 18.4 Å². The van der Waals surface area contributed by atoms with Crippen molar-refractivity contribution >= 4 is 22.5 Å². The summed E-state index contributed by atoms with van der Waals surface area (Å²) >= 11 is 0. The first-order chi connectivity index (χ1) is 15.2. The predicted octanol–water partition coefficient (Wildman–Crippen LogP) is 4.78. The number of nitrogens with zero attached hydrogens (tertiary/aromatic N) is 3. The number of aromatic nitrogens is 3. The summed E-state index contributed by atoms with van der Waals surface area (Å²) in [5, 5.41) is 11.1. The number of carbonyl (C=O) groups excluding carboxylic acids is 1. The van der Waals surface area contributed by atoms with Gasteiger partial charge in [0.15, 0.2) is 5.69 Å². The normalized spacial score (nSPS) is 14.2. The minimum Gasteiger partial charge on any atom is -0.321 e. The van der Waals surface area contributed by atoms with E-state index in [0.29, 0.717) is 5.69 Å². The molecule has 0 unspecified atom stereocenters. The average Bonchev–Trinajstić information content (AvgIpc) is 3.44. The lowest BCUT2D eigenvalue weighted by molar-refractivity contribution is 0.102. The van der Waals surface area contributed by atoms with Crippen LogP contribution in [0.25, 0.3) is 22.0 Å². The number of amides is 1. The number of fused-ring (bicyclic) bond motifs is 1. The number of likely N-dealkylation sites (tertiary alicyclic amines) is 1. The molecule has 4 aromatic rings. The van der Waals surface area contributed by atoms with Crippen LogP contribution >= 0.6 is 0 Å². The number of anilines is 1. The van der Waals surface area contributed by atoms with E-state index < -0.39 is 0 Å². The van der Waals surface area contributed by atoms with Crippen LogP contribution in [0.1, 0.15) is 34.5 Å². The molecule has 5 rings (SSSR count). The van der Waals surface area contributed by atoms with Gasteiger partial charge >= 0.3 is 0 Å². The van der Waals surface area contributed by atoms with Crippen LogP contribution in [0.15, 0.2) is 60.9 Å². The Morgan fingerprint density at radius 2 is 1.94 bits per heavy atom. The minimum absolute atomic E-state index is 0.223. The second-order valence-corrected chi connectivity index (χ2v) is 8.16. The number of nitrogens with one attached hydrogen (secondary N) is 2. The van der Waals surface area contributed by atoms with Crippen LogP contribution in [0.2, 0.25) is 0 Å². The maximum absolute atomic E-state index is 13.0. The summed E-state index contributed by atoms with van der Waals surface area (Å²) in [7, 11) is 0. The number of rotatable bonds is 5. The van der Waals surface area contributed by atoms with Crippen LogP contribution in [-0.4, -0.2) is 39.1 Å². The van der Waals surface area contributed by atoms with Gasteiger partial charge in [-0.2, -0.15) is 5.10 Å². The molecule has 1 aliphatic rings. The Bertz CT molecular complexity index is 1210. The molecule has 2 aromatic carbocycles. The first-order valence-corrected chi connectivity index (χ1v) is 10.7. The van der Waals surface area contributed by atoms with Gasteiger partial charge in [-0.25, -0.2) is 0 Å². The van der Waals surface area contributed by atoms with E-state index >= 15 is 0 Å². The summed E-state index contributed by atoms with van der Waals surface area (Å²) in [6.07, 6.45) is 6.16. The maximum Gasteiger partial charge on any atom is 0.276 e. The molecule has 1 saturated heterocycles. The SMILES string of the molecule is Cc1cc2[nH]nc(C(=O)Nc3ccc(CN4CCCC4)cc3)c2cc1-c1cccnc1. The van der Waals surface area contributed by atoms with E-state index in [1.807, 2.05) is 49.5 Å². The van der Waals surface area contributed by atoms with E-state index in [2.05, 4.69) is 37.5 Å². The van der Waals surface area contributed by atoms with E-state index in [0.717, 1.165) is 39.8 Å². The van der Waals surface area contributed by atoms with Gasteiger partial charge in [0.25, 0.3) is 5.91 Å². The molecule has 2 N–H and O–H groups in total. The summed E-state index contributed by atoms with van der Waals surface area (Å²) in [6.45, 7) is 5.36. The van der Waals surface area contributed by atoms with E-state index in [4.69, 9.17) is 0 Å². The van der Waals surface area contributed by atoms with Crippen molar-refractivity contribution < 1.29 is 4.79 Å². The van der Waals surface area contributed by atoms with Gasteiger partial charge < -0.3 is 5.32 Å². The molecule has 0 aliphatic carbocycles. The molecule has 0 saturated carbocycles. The fourth-order valence-electron chi connectivity index (χ4n) is 4.26. The number of aromatic amines is 1. The van der Waals surface area contributed by atoms with E-state index in [-0.39, 0.29) is 5.91 Å². The van der Waals surface area contributed by atoms with Crippen LogP contribution in [0.5, 0.6) is 0 Å². The highest BCUT2D eigenvalue weighted by Gasteiger charge is 2.17. The Labute approximate surface area is 181 Å². The quantitative estimate of drug-likeness (QED) is 0.496. The molecule has 0 radical (unpaired) electrons. The molecule has 6 nitrogen and oxygen atoms in total. The third-order valence-corrected chi connectivity index (χ3v) is 5.91. The minimum atomic E-state index is -0.223. The van der Waals surface area contributed by atoms with Gasteiger partial charge in [-0.15, -0.1) is 0 Å². The standard InChI is InChI=1S/C25H25N5O/c1-17-13-23-22(14-21(17)19-5-4-10-26-15-19)24(29-28-23)25(31)27-20-8-6-18(7-9-20)16-30-11-2-3-12-30/h4-10,13-15H,2-3,11-12,16H2,1H3,(H,27,31)(H,28,29). The lowest BCUT2D eigenvalue weighted by atomic mass is 9.99. The Morgan fingerprint density at radius 1 is 1.13 bits per heavy atom. The zero-order valence-corrected chi connectivity index (χ0v) is 17.6. The zero-order valence-electron chi connectivity index (χ0n) is 17.6. The van der Waals surface area contributed by atoms with Gasteiger partial charge in [0.1, 0.15) is 0 Å². The van der Waals surface area contributed by atoms with Gasteiger partial charge in [-0.1, -0.05) is 18.2 Å². The highest BCUT2D eigenvalue weighted by atomic mass is 16.1. The monoisotopic (exact) mass is 411 g/mol.